The SMILES string of the molecule is CCOC(=O)[C@@H](N)[C@H](OCC)c1nc(Br)cs1. The molecule has 2 N–H and O–H groups in total. The Kier molecular flexibility index (Phi) is 6.04. The maximum Gasteiger partial charge on any atom is 0.326 e. The zero-order valence-electron chi connectivity index (χ0n) is 9.68. The Hall–Kier alpha value is -0.500. The molecule has 0 saturated carbocycles. The molecule has 1 rings (SSSR count). The van der Waals surface area contributed by atoms with Crippen LogP contribution in [0.25, 0.3) is 0 Å². The van der Waals surface area contributed by atoms with Crippen molar-refractivity contribution in [1.29, 1.82) is 0 Å². The third-order valence-electron chi connectivity index (χ3n) is 1.97. The van der Waals surface area contributed by atoms with Crippen molar-refractivity contribution < 1.29 is 14.3 Å². The molecule has 2 atom stereocenters. The number of carbonyl (C=O) groups is 1. The third kappa shape index (κ3) is 4.02. The van der Waals surface area contributed by atoms with Crippen LogP contribution in [0, 0.1) is 0 Å². The molecular weight excluding hydrogens is 308 g/mol. The van der Waals surface area contributed by atoms with Crippen molar-refractivity contribution in [2.24, 2.45) is 5.73 Å². The molecule has 0 aliphatic rings. The molecule has 17 heavy (non-hydrogen) atoms. The van der Waals surface area contributed by atoms with E-state index in [1.54, 1.807) is 6.92 Å². The van der Waals surface area contributed by atoms with E-state index in [9.17, 15) is 4.79 Å². The molecular formula is C10H15BrN2O3S. The number of hydrogen-bond acceptors (Lipinski definition) is 6. The van der Waals surface area contributed by atoms with Crippen LogP contribution < -0.4 is 5.73 Å². The smallest absolute Gasteiger partial charge is 0.326 e. The lowest BCUT2D eigenvalue weighted by molar-refractivity contribution is -0.148. The first-order valence-electron chi connectivity index (χ1n) is 5.24. The van der Waals surface area contributed by atoms with Gasteiger partial charge in [0, 0.05) is 12.0 Å². The van der Waals surface area contributed by atoms with E-state index in [0.717, 1.165) is 0 Å². The van der Waals surface area contributed by atoms with E-state index in [1.165, 1.54) is 11.3 Å². The molecule has 1 aromatic heterocycles. The number of rotatable bonds is 6. The first-order valence-corrected chi connectivity index (χ1v) is 6.92. The van der Waals surface area contributed by atoms with Crippen LogP contribution in [0.5, 0.6) is 0 Å². The van der Waals surface area contributed by atoms with Gasteiger partial charge in [-0.1, -0.05) is 0 Å². The Morgan fingerprint density at radius 2 is 2.29 bits per heavy atom. The summed E-state index contributed by atoms with van der Waals surface area (Å²) < 4.78 is 11.1. The maximum atomic E-state index is 11.6. The summed E-state index contributed by atoms with van der Waals surface area (Å²) in [5.74, 6) is -0.475. The Balaban J connectivity index is 2.81. The van der Waals surface area contributed by atoms with E-state index in [2.05, 4.69) is 20.9 Å². The summed E-state index contributed by atoms with van der Waals surface area (Å²) in [6.45, 7) is 4.33. The lowest BCUT2D eigenvalue weighted by Gasteiger charge is -2.20. The molecule has 1 aromatic rings. The Labute approximate surface area is 112 Å². The molecule has 0 saturated heterocycles. The number of halogens is 1. The van der Waals surface area contributed by atoms with Gasteiger partial charge in [-0.15, -0.1) is 11.3 Å². The second-order valence-corrected chi connectivity index (χ2v) is 4.86. The van der Waals surface area contributed by atoms with Crippen LogP contribution in [0.3, 0.4) is 0 Å². The van der Waals surface area contributed by atoms with Crippen LogP contribution in [-0.4, -0.2) is 30.2 Å². The van der Waals surface area contributed by atoms with Gasteiger partial charge >= 0.3 is 5.97 Å². The van der Waals surface area contributed by atoms with Gasteiger partial charge in [0.1, 0.15) is 21.8 Å². The summed E-state index contributed by atoms with van der Waals surface area (Å²) >= 11 is 4.65. The largest absolute Gasteiger partial charge is 0.465 e. The zero-order valence-corrected chi connectivity index (χ0v) is 12.1. The molecule has 0 aromatic carbocycles. The molecule has 0 aliphatic carbocycles. The average Bonchev–Trinajstić information content (AvgIpc) is 2.72. The molecule has 96 valence electrons. The van der Waals surface area contributed by atoms with Gasteiger partial charge in [0.2, 0.25) is 0 Å². The van der Waals surface area contributed by atoms with E-state index in [1.807, 2.05) is 12.3 Å². The van der Waals surface area contributed by atoms with Gasteiger partial charge in [0.15, 0.2) is 0 Å². The van der Waals surface area contributed by atoms with Gasteiger partial charge in [0.25, 0.3) is 0 Å². The normalized spacial score (nSPS) is 14.4. The summed E-state index contributed by atoms with van der Waals surface area (Å²) in [4.78, 5) is 15.8. The molecule has 7 heteroatoms. The second-order valence-electron chi connectivity index (χ2n) is 3.16. The molecule has 0 aliphatic heterocycles. The van der Waals surface area contributed by atoms with Gasteiger partial charge in [-0.25, -0.2) is 4.98 Å². The number of nitrogens with two attached hydrogens (primary N) is 1. The first kappa shape index (κ1) is 14.6. The van der Waals surface area contributed by atoms with Crippen molar-refractivity contribution in [3.8, 4) is 0 Å². The number of thiazole rings is 1. The van der Waals surface area contributed by atoms with Gasteiger partial charge in [-0.05, 0) is 29.8 Å². The standard InChI is InChI=1S/C10H15BrN2O3S/c1-3-15-8(7(12)10(14)16-4-2)9-13-6(11)5-17-9/h5,7-8H,3-4,12H2,1-2H3/t7-,8-/m0/s1. The minimum atomic E-state index is -0.854. The van der Waals surface area contributed by atoms with Crippen LogP contribution >= 0.6 is 27.3 Å². The van der Waals surface area contributed by atoms with Crippen LogP contribution in [-0.2, 0) is 14.3 Å². The highest BCUT2D eigenvalue weighted by atomic mass is 79.9. The molecule has 1 heterocycles. The average molecular weight is 323 g/mol. The van der Waals surface area contributed by atoms with E-state index < -0.39 is 18.1 Å². The van der Waals surface area contributed by atoms with Gasteiger partial charge in [-0.3, -0.25) is 4.79 Å². The minimum Gasteiger partial charge on any atom is -0.465 e. The number of carbonyl (C=O) groups excluding carboxylic acids is 1. The van der Waals surface area contributed by atoms with E-state index in [-0.39, 0.29) is 0 Å². The Bertz CT molecular complexity index is 372. The molecule has 0 radical (unpaired) electrons. The highest BCUT2D eigenvalue weighted by Gasteiger charge is 2.30. The Morgan fingerprint density at radius 1 is 1.59 bits per heavy atom. The summed E-state index contributed by atoms with van der Waals surface area (Å²) in [6.07, 6.45) is -0.560. The minimum absolute atomic E-state index is 0.299. The molecule has 5 nitrogen and oxygen atoms in total. The predicted molar refractivity (Wildman–Crippen MR) is 68.8 cm³/mol. The molecule has 0 bridgehead atoms. The van der Waals surface area contributed by atoms with Crippen molar-refractivity contribution in [3.63, 3.8) is 0 Å². The highest BCUT2D eigenvalue weighted by molar-refractivity contribution is 9.10. The van der Waals surface area contributed by atoms with Gasteiger partial charge < -0.3 is 15.2 Å². The fourth-order valence-corrected chi connectivity index (χ4v) is 2.63. The monoisotopic (exact) mass is 322 g/mol. The van der Waals surface area contributed by atoms with Crippen molar-refractivity contribution >= 4 is 33.2 Å². The molecule has 0 amide bonds. The van der Waals surface area contributed by atoms with E-state index in [0.29, 0.717) is 22.8 Å². The number of aromatic nitrogens is 1. The van der Waals surface area contributed by atoms with Crippen LogP contribution in [0.1, 0.15) is 25.0 Å². The molecule has 0 unspecified atom stereocenters. The third-order valence-corrected chi connectivity index (χ3v) is 3.58. The summed E-state index contributed by atoms with van der Waals surface area (Å²) in [7, 11) is 0. The topological polar surface area (TPSA) is 74.4 Å². The van der Waals surface area contributed by atoms with E-state index >= 15 is 0 Å². The predicted octanol–water partition coefficient (Wildman–Crippen LogP) is 1.87. The fourth-order valence-electron chi connectivity index (χ4n) is 1.27. The van der Waals surface area contributed by atoms with Crippen molar-refractivity contribution in [1.82, 2.24) is 4.98 Å². The quantitative estimate of drug-likeness (QED) is 0.809. The number of esters is 1. The summed E-state index contributed by atoms with van der Waals surface area (Å²) in [5, 5.41) is 2.48. The van der Waals surface area contributed by atoms with Gasteiger partial charge in [0.05, 0.1) is 6.61 Å². The van der Waals surface area contributed by atoms with Crippen molar-refractivity contribution in [2.45, 2.75) is 26.0 Å². The van der Waals surface area contributed by atoms with Gasteiger partial charge in [-0.2, -0.15) is 0 Å². The fraction of sp³-hybridized carbons (Fsp3) is 0.600. The number of ether oxygens (including phenoxy) is 2. The zero-order chi connectivity index (χ0) is 12.8. The first-order chi connectivity index (χ1) is 8.10. The molecule has 0 fully saturated rings. The Morgan fingerprint density at radius 3 is 2.76 bits per heavy atom. The molecule has 0 spiro atoms. The van der Waals surface area contributed by atoms with Crippen LogP contribution in [0.15, 0.2) is 9.98 Å². The number of hydrogen-bond donors (Lipinski definition) is 1. The summed E-state index contributed by atoms with van der Waals surface area (Å²) in [6, 6.07) is -0.854. The lowest BCUT2D eigenvalue weighted by Crippen LogP contribution is -2.39. The highest BCUT2D eigenvalue weighted by Crippen LogP contribution is 2.26. The van der Waals surface area contributed by atoms with Crippen molar-refractivity contribution in [3.05, 3.63) is 15.0 Å². The van der Waals surface area contributed by atoms with Crippen LogP contribution in [0.4, 0.5) is 0 Å². The van der Waals surface area contributed by atoms with Crippen molar-refractivity contribution in [2.75, 3.05) is 13.2 Å². The van der Waals surface area contributed by atoms with E-state index in [4.69, 9.17) is 15.2 Å². The second kappa shape index (κ2) is 7.05. The summed E-state index contributed by atoms with van der Waals surface area (Å²) in [5.41, 5.74) is 5.83. The number of nitrogens with zero attached hydrogens (tertiary/aromatic N) is 1. The van der Waals surface area contributed by atoms with Crippen LogP contribution in [0.2, 0.25) is 0 Å². The maximum absolute atomic E-state index is 11.6. The lowest BCUT2D eigenvalue weighted by atomic mass is 10.2.